The summed E-state index contributed by atoms with van der Waals surface area (Å²) in [5, 5.41) is 3.10. The third-order valence-corrected chi connectivity index (χ3v) is 7.53. The summed E-state index contributed by atoms with van der Waals surface area (Å²) in [5.74, 6) is -1.36. The molecule has 4 heterocycles. The maximum absolute atomic E-state index is 13.5. The van der Waals surface area contributed by atoms with Gasteiger partial charge in [0, 0.05) is 23.8 Å². The highest BCUT2D eigenvalue weighted by molar-refractivity contribution is 6.15. The average Bonchev–Trinajstić information content (AvgIpc) is 3.37. The molecule has 28 heavy (non-hydrogen) atoms. The number of carbonyl (C=O) groups excluding carboxylic acids is 3. The predicted octanol–water partition coefficient (Wildman–Crippen LogP) is 2.33. The molecule has 6 nitrogen and oxygen atoms in total. The SMILES string of the molecule is CCCCN1C(=O)[C@@H]2[C@@H]3CCCN3[C@]3(C(=O)Nc4c3ccc(C)c4C)[C@H]2C1=O. The molecule has 4 aliphatic rings. The maximum atomic E-state index is 13.5. The number of nitrogens with one attached hydrogen (secondary N) is 1. The standard InChI is InChI=1S/C22H27N3O3/c1-4-5-10-24-19(26)16-15-7-6-11-25(15)22(17(16)20(24)27)14-9-8-12(2)13(3)18(14)23-21(22)28/h8-9,15-17H,4-7,10-11H2,1-3H3,(H,23,28)/t15-,16+,17+,22-/m0/s1. The summed E-state index contributed by atoms with van der Waals surface area (Å²) in [6.07, 6.45) is 3.56. The van der Waals surface area contributed by atoms with Crippen molar-refractivity contribution in [3.05, 3.63) is 28.8 Å². The highest BCUT2D eigenvalue weighted by Crippen LogP contribution is 2.60. The first-order valence-electron chi connectivity index (χ1n) is 10.5. The molecule has 1 aromatic carbocycles. The molecule has 5 rings (SSSR count). The lowest BCUT2D eigenvalue weighted by Crippen LogP contribution is -2.54. The Balaban J connectivity index is 1.70. The first-order chi connectivity index (χ1) is 13.4. The minimum Gasteiger partial charge on any atom is -0.324 e. The minimum atomic E-state index is -1.03. The van der Waals surface area contributed by atoms with Crippen LogP contribution in [0.5, 0.6) is 0 Å². The van der Waals surface area contributed by atoms with Gasteiger partial charge >= 0.3 is 0 Å². The van der Waals surface area contributed by atoms with Crippen LogP contribution < -0.4 is 5.32 Å². The normalized spacial score (nSPS) is 33.6. The van der Waals surface area contributed by atoms with Crippen molar-refractivity contribution in [2.45, 2.75) is 58.0 Å². The third-order valence-electron chi connectivity index (χ3n) is 7.53. The van der Waals surface area contributed by atoms with E-state index in [9.17, 15) is 14.4 Å². The number of benzene rings is 1. The molecule has 0 bridgehead atoms. The van der Waals surface area contributed by atoms with Gasteiger partial charge in [-0.3, -0.25) is 24.2 Å². The Morgan fingerprint density at radius 3 is 2.71 bits per heavy atom. The summed E-state index contributed by atoms with van der Waals surface area (Å²) >= 11 is 0. The van der Waals surface area contributed by atoms with Crippen LogP contribution in [0.1, 0.15) is 49.3 Å². The molecule has 0 radical (unpaired) electrons. The number of rotatable bonds is 3. The van der Waals surface area contributed by atoms with Gasteiger partial charge in [0.15, 0.2) is 0 Å². The fraction of sp³-hybridized carbons (Fsp3) is 0.591. The van der Waals surface area contributed by atoms with Crippen molar-refractivity contribution < 1.29 is 14.4 Å². The molecule has 1 spiro atoms. The number of fused-ring (bicyclic) bond motifs is 7. The number of imide groups is 1. The minimum absolute atomic E-state index is 0.0219. The molecule has 6 heteroatoms. The van der Waals surface area contributed by atoms with E-state index in [-0.39, 0.29) is 23.8 Å². The monoisotopic (exact) mass is 381 g/mol. The molecule has 0 saturated carbocycles. The van der Waals surface area contributed by atoms with E-state index >= 15 is 0 Å². The summed E-state index contributed by atoms with van der Waals surface area (Å²) in [6.45, 7) is 7.31. The molecule has 4 atom stereocenters. The van der Waals surface area contributed by atoms with Gasteiger partial charge in [0.25, 0.3) is 0 Å². The van der Waals surface area contributed by atoms with Crippen LogP contribution in [0.3, 0.4) is 0 Å². The first-order valence-corrected chi connectivity index (χ1v) is 10.5. The maximum Gasteiger partial charge on any atom is 0.250 e. The van der Waals surface area contributed by atoms with Crippen molar-refractivity contribution in [3.63, 3.8) is 0 Å². The fourth-order valence-corrected chi connectivity index (χ4v) is 6.12. The lowest BCUT2D eigenvalue weighted by atomic mass is 9.75. The Morgan fingerprint density at radius 1 is 1.18 bits per heavy atom. The van der Waals surface area contributed by atoms with Gasteiger partial charge in [0.1, 0.15) is 5.54 Å². The number of aryl methyl sites for hydroxylation is 1. The zero-order valence-corrected chi connectivity index (χ0v) is 16.7. The van der Waals surface area contributed by atoms with Gasteiger partial charge < -0.3 is 5.32 Å². The highest BCUT2D eigenvalue weighted by Gasteiger charge is 2.74. The predicted molar refractivity (Wildman–Crippen MR) is 105 cm³/mol. The van der Waals surface area contributed by atoms with Gasteiger partial charge in [0.2, 0.25) is 17.7 Å². The van der Waals surface area contributed by atoms with Crippen LogP contribution in [-0.4, -0.2) is 46.7 Å². The van der Waals surface area contributed by atoms with Crippen LogP contribution in [0.4, 0.5) is 5.69 Å². The molecule has 1 N–H and O–H groups in total. The fourth-order valence-electron chi connectivity index (χ4n) is 6.12. The summed E-state index contributed by atoms with van der Waals surface area (Å²) in [6, 6.07) is 4.01. The second kappa shape index (κ2) is 5.89. The smallest absolute Gasteiger partial charge is 0.250 e. The van der Waals surface area contributed by atoms with E-state index in [1.165, 1.54) is 4.90 Å². The summed E-state index contributed by atoms with van der Waals surface area (Å²) in [5.41, 5.74) is 2.85. The van der Waals surface area contributed by atoms with Gasteiger partial charge in [-0.25, -0.2) is 0 Å². The molecule has 0 aliphatic carbocycles. The molecular formula is C22H27N3O3. The zero-order valence-electron chi connectivity index (χ0n) is 16.7. The lowest BCUT2D eigenvalue weighted by Gasteiger charge is -2.36. The van der Waals surface area contributed by atoms with Gasteiger partial charge in [0.05, 0.1) is 11.8 Å². The zero-order chi connectivity index (χ0) is 19.8. The number of amides is 3. The Morgan fingerprint density at radius 2 is 1.96 bits per heavy atom. The van der Waals surface area contributed by atoms with Gasteiger partial charge in [-0.05, 0) is 50.8 Å². The van der Waals surface area contributed by atoms with E-state index in [1.54, 1.807) is 0 Å². The third kappa shape index (κ3) is 1.89. The number of unbranched alkanes of at least 4 members (excludes halogenated alkanes) is 1. The van der Waals surface area contributed by atoms with Gasteiger partial charge in [-0.2, -0.15) is 0 Å². The van der Waals surface area contributed by atoms with E-state index < -0.39 is 17.4 Å². The van der Waals surface area contributed by atoms with Gasteiger partial charge in [-0.15, -0.1) is 0 Å². The van der Waals surface area contributed by atoms with Crippen LogP contribution in [0.2, 0.25) is 0 Å². The van der Waals surface area contributed by atoms with Crippen molar-refractivity contribution >= 4 is 23.4 Å². The second-order valence-corrected chi connectivity index (χ2v) is 8.74. The molecular weight excluding hydrogens is 354 g/mol. The summed E-state index contributed by atoms with van der Waals surface area (Å²) in [7, 11) is 0. The Labute approximate surface area is 165 Å². The Bertz CT molecular complexity index is 911. The van der Waals surface area contributed by atoms with E-state index in [4.69, 9.17) is 0 Å². The van der Waals surface area contributed by atoms with Gasteiger partial charge in [-0.1, -0.05) is 25.5 Å². The summed E-state index contributed by atoms with van der Waals surface area (Å²) in [4.78, 5) is 43.9. The van der Waals surface area contributed by atoms with Crippen LogP contribution in [-0.2, 0) is 19.9 Å². The van der Waals surface area contributed by atoms with E-state index in [1.807, 2.05) is 26.0 Å². The molecule has 3 fully saturated rings. The van der Waals surface area contributed by atoms with Crippen molar-refractivity contribution in [2.75, 3.05) is 18.4 Å². The second-order valence-electron chi connectivity index (χ2n) is 8.74. The number of nitrogens with zero attached hydrogens (tertiary/aromatic N) is 2. The van der Waals surface area contributed by atoms with Crippen molar-refractivity contribution in [3.8, 4) is 0 Å². The number of anilines is 1. The number of hydrogen-bond acceptors (Lipinski definition) is 4. The van der Waals surface area contributed by atoms with E-state index in [0.717, 1.165) is 54.6 Å². The van der Waals surface area contributed by atoms with E-state index in [2.05, 4.69) is 17.1 Å². The molecule has 0 unspecified atom stereocenters. The molecule has 0 aromatic heterocycles. The first kappa shape index (κ1) is 17.9. The molecule has 3 saturated heterocycles. The van der Waals surface area contributed by atoms with Crippen molar-refractivity contribution in [1.82, 2.24) is 9.80 Å². The average molecular weight is 381 g/mol. The van der Waals surface area contributed by atoms with Crippen LogP contribution in [0.25, 0.3) is 0 Å². The lowest BCUT2D eigenvalue weighted by molar-refractivity contribution is -0.145. The van der Waals surface area contributed by atoms with Crippen LogP contribution in [0.15, 0.2) is 12.1 Å². The highest BCUT2D eigenvalue weighted by atomic mass is 16.2. The number of carbonyl (C=O) groups is 3. The van der Waals surface area contributed by atoms with Crippen molar-refractivity contribution in [2.24, 2.45) is 11.8 Å². The van der Waals surface area contributed by atoms with E-state index in [0.29, 0.717) is 6.54 Å². The number of hydrogen-bond donors (Lipinski definition) is 1. The van der Waals surface area contributed by atoms with Crippen molar-refractivity contribution in [1.29, 1.82) is 0 Å². The number of likely N-dealkylation sites (tertiary alicyclic amines) is 1. The molecule has 1 aromatic rings. The molecule has 4 aliphatic heterocycles. The largest absolute Gasteiger partial charge is 0.324 e. The molecule has 148 valence electrons. The Kier molecular flexibility index (Phi) is 3.76. The van der Waals surface area contributed by atoms with Crippen LogP contribution in [0, 0.1) is 25.7 Å². The van der Waals surface area contributed by atoms with Crippen LogP contribution >= 0.6 is 0 Å². The summed E-state index contributed by atoms with van der Waals surface area (Å²) < 4.78 is 0. The topological polar surface area (TPSA) is 69.7 Å². The molecule has 3 amide bonds. The quantitative estimate of drug-likeness (QED) is 0.816. The Hall–Kier alpha value is -2.21.